The standard InChI is InChI=1S/C10H9ClN2O2S/c1-2-15-10(14)12-9-7-5-6(11)3-4-8(7)16-13-9/h3-5H,2H2,1H3,(H,12,13,14). The Morgan fingerprint density at radius 3 is 3.19 bits per heavy atom. The highest BCUT2D eigenvalue weighted by molar-refractivity contribution is 7.13. The largest absolute Gasteiger partial charge is 0.450 e. The number of halogens is 1. The zero-order valence-electron chi connectivity index (χ0n) is 8.49. The number of anilines is 1. The van der Waals surface area contributed by atoms with Crippen molar-refractivity contribution >= 4 is 45.1 Å². The highest BCUT2D eigenvalue weighted by Crippen LogP contribution is 2.29. The number of hydrogen-bond acceptors (Lipinski definition) is 4. The monoisotopic (exact) mass is 256 g/mol. The van der Waals surface area contributed by atoms with E-state index in [1.165, 1.54) is 11.5 Å². The molecule has 0 aliphatic heterocycles. The van der Waals surface area contributed by atoms with Crippen molar-refractivity contribution in [3.05, 3.63) is 23.2 Å². The van der Waals surface area contributed by atoms with Crippen LogP contribution in [-0.4, -0.2) is 17.1 Å². The van der Waals surface area contributed by atoms with Gasteiger partial charge in [0.25, 0.3) is 0 Å². The first-order valence-electron chi connectivity index (χ1n) is 4.69. The van der Waals surface area contributed by atoms with Crippen LogP contribution in [0.2, 0.25) is 5.02 Å². The van der Waals surface area contributed by atoms with Gasteiger partial charge in [-0.3, -0.25) is 5.32 Å². The normalized spacial score (nSPS) is 10.4. The van der Waals surface area contributed by atoms with Crippen molar-refractivity contribution < 1.29 is 9.53 Å². The molecular weight excluding hydrogens is 248 g/mol. The quantitative estimate of drug-likeness (QED) is 0.894. The number of carbonyl (C=O) groups is 1. The van der Waals surface area contributed by atoms with Crippen LogP contribution in [0, 0.1) is 0 Å². The summed E-state index contributed by atoms with van der Waals surface area (Å²) in [5.41, 5.74) is 0. The Balaban J connectivity index is 2.30. The van der Waals surface area contributed by atoms with Crippen LogP contribution in [0.15, 0.2) is 18.2 Å². The second-order valence-electron chi connectivity index (χ2n) is 3.02. The van der Waals surface area contributed by atoms with Crippen molar-refractivity contribution in [2.75, 3.05) is 11.9 Å². The predicted molar refractivity (Wildman–Crippen MR) is 65.3 cm³/mol. The third kappa shape index (κ3) is 2.25. The van der Waals surface area contributed by atoms with Crippen LogP contribution in [0.4, 0.5) is 10.6 Å². The summed E-state index contributed by atoms with van der Waals surface area (Å²) >= 11 is 7.18. The summed E-state index contributed by atoms with van der Waals surface area (Å²) in [6.07, 6.45) is -0.505. The summed E-state index contributed by atoms with van der Waals surface area (Å²) in [6, 6.07) is 5.42. The molecule has 4 nitrogen and oxygen atoms in total. The molecule has 84 valence electrons. The molecule has 1 heterocycles. The van der Waals surface area contributed by atoms with Crippen LogP contribution in [-0.2, 0) is 4.74 Å². The topological polar surface area (TPSA) is 51.2 Å². The van der Waals surface area contributed by atoms with Crippen molar-refractivity contribution in [1.82, 2.24) is 4.37 Å². The number of hydrogen-bond donors (Lipinski definition) is 1. The van der Waals surface area contributed by atoms with Gasteiger partial charge in [0.05, 0.1) is 11.3 Å². The van der Waals surface area contributed by atoms with Crippen LogP contribution in [0.5, 0.6) is 0 Å². The molecule has 16 heavy (non-hydrogen) atoms. The van der Waals surface area contributed by atoms with Crippen LogP contribution in [0.1, 0.15) is 6.92 Å². The minimum absolute atomic E-state index is 0.328. The molecular formula is C10H9ClN2O2S. The molecule has 0 saturated carbocycles. The number of benzene rings is 1. The first-order chi connectivity index (χ1) is 7.70. The number of ether oxygens (including phenoxy) is 1. The molecule has 1 aromatic carbocycles. The SMILES string of the molecule is CCOC(=O)Nc1nsc2ccc(Cl)cc12. The summed E-state index contributed by atoms with van der Waals surface area (Å²) in [7, 11) is 0. The smallest absolute Gasteiger partial charge is 0.412 e. The fourth-order valence-corrected chi connectivity index (χ4v) is 2.15. The van der Waals surface area contributed by atoms with Gasteiger partial charge in [0.1, 0.15) is 0 Å². The van der Waals surface area contributed by atoms with Crippen molar-refractivity contribution in [2.45, 2.75) is 6.92 Å². The van der Waals surface area contributed by atoms with E-state index in [9.17, 15) is 4.79 Å². The second-order valence-corrected chi connectivity index (χ2v) is 4.26. The van der Waals surface area contributed by atoms with Crippen LogP contribution in [0.25, 0.3) is 10.1 Å². The maximum absolute atomic E-state index is 11.2. The van der Waals surface area contributed by atoms with E-state index < -0.39 is 6.09 Å². The summed E-state index contributed by atoms with van der Waals surface area (Å²) in [6.45, 7) is 2.07. The maximum atomic E-state index is 11.2. The highest BCUT2D eigenvalue weighted by Gasteiger charge is 2.10. The number of nitrogens with zero attached hydrogens (tertiary/aromatic N) is 1. The molecule has 0 radical (unpaired) electrons. The number of carbonyl (C=O) groups excluding carboxylic acids is 1. The number of aromatic nitrogens is 1. The first-order valence-corrected chi connectivity index (χ1v) is 5.84. The zero-order chi connectivity index (χ0) is 11.5. The van der Waals surface area contributed by atoms with Gasteiger partial charge in [-0.2, -0.15) is 4.37 Å². The predicted octanol–water partition coefficient (Wildman–Crippen LogP) is 3.52. The van der Waals surface area contributed by atoms with Crippen LogP contribution < -0.4 is 5.32 Å². The van der Waals surface area contributed by atoms with Gasteiger partial charge in [-0.15, -0.1) is 0 Å². The lowest BCUT2D eigenvalue weighted by atomic mass is 10.2. The summed E-state index contributed by atoms with van der Waals surface area (Å²) in [4.78, 5) is 11.2. The molecule has 2 aromatic rings. The Labute approximate surface area is 101 Å². The van der Waals surface area contributed by atoms with Crippen molar-refractivity contribution in [1.29, 1.82) is 0 Å². The number of amides is 1. The van der Waals surface area contributed by atoms with E-state index in [1.54, 1.807) is 19.1 Å². The molecule has 0 aliphatic rings. The van der Waals surface area contributed by atoms with Gasteiger partial charge >= 0.3 is 6.09 Å². The minimum Gasteiger partial charge on any atom is -0.450 e. The average molecular weight is 257 g/mol. The number of nitrogens with one attached hydrogen (secondary N) is 1. The summed E-state index contributed by atoms with van der Waals surface area (Å²) in [5, 5.41) is 4.01. The fourth-order valence-electron chi connectivity index (χ4n) is 1.26. The molecule has 0 aliphatic carbocycles. The Kier molecular flexibility index (Phi) is 3.26. The van der Waals surface area contributed by atoms with Crippen molar-refractivity contribution in [3.8, 4) is 0 Å². The molecule has 2 rings (SSSR count). The summed E-state index contributed by atoms with van der Waals surface area (Å²) < 4.78 is 9.87. The molecule has 6 heteroatoms. The van der Waals surface area contributed by atoms with E-state index in [-0.39, 0.29) is 0 Å². The van der Waals surface area contributed by atoms with Crippen molar-refractivity contribution in [3.63, 3.8) is 0 Å². The van der Waals surface area contributed by atoms with Gasteiger partial charge in [-0.25, -0.2) is 4.79 Å². The molecule has 1 amide bonds. The van der Waals surface area contributed by atoms with E-state index in [0.717, 1.165) is 10.1 Å². The van der Waals surface area contributed by atoms with Gasteiger partial charge < -0.3 is 4.74 Å². The Morgan fingerprint density at radius 2 is 2.44 bits per heavy atom. The van der Waals surface area contributed by atoms with Gasteiger partial charge in [-0.05, 0) is 36.7 Å². The lowest BCUT2D eigenvalue weighted by molar-refractivity contribution is 0.168. The fraction of sp³-hybridized carbons (Fsp3) is 0.200. The Hall–Kier alpha value is -1.33. The van der Waals surface area contributed by atoms with E-state index >= 15 is 0 Å². The molecule has 1 N–H and O–H groups in total. The molecule has 0 saturated heterocycles. The minimum atomic E-state index is -0.505. The second kappa shape index (κ2) is 4.67. The number of fused-ring (bicyclic) bond motifs is 1. The lowest BCUT2D eigenvalue weighted by Gasteiger charge is -2.02. The average Bonchev–Trinajstić information content (AvgIpc) is 2.61. The zero-order valence-corrected chi connectivity index (χ0v) is 10.1. The van der Waals surface area contributed by atoms with E-state index in [4.69, 9.17) is 16.3 Å². The third-order valence-corrected chi connectivity index (χ3v) is 2.99. The molecule has 0 bridgehead atoms. The molecule has 1 aromatic heterocycles. The van der Waals surface area contributed by atoms with E-state index in [1.807, 2.05) is 6.07 Å². The van der Waals surface area contributed by atoms with Crippen LogP contribution >= 0.6 is 23.1 Å². The summed E-state index contributed by atoms with van der Waals surface area (Å²) in [5.74, 6) is 0.487. The van der Waals surface area contributed by atoms with E-state index in [0.29, 0.717) is 17.4 Å². The van der Waals surface area contributed by atoms with Gasteiger partial charge in [0.2, 0.25) is 0 Å². The Bertz CT molecular complexity index is 527. The van der Waals surface area contributed by atoms with Gasteiger partial charge in [-0.1, -0.05) is 11.6 Å². The lowest BCUT2D eigenvalue weighted by Crippen LogP contribution is -2.13. The number of rotatable bonds is 2. The van der Waals surface area contributed by atoms with Gasteiger partial charge in [0, 0.05) is 10.4 Å². The highest BCUT2D eigenvalue weighted by atomic mass is 35.5. The molecule has 0 spiro atoms. The van der Waals surface area contributed by atoms with Crippen molar-refractivity contribution in [2.24, 2.45) is 0 Å². The van der Waals surface area contributed by atoms with E-state index in [2.05, 4.69) is 9.69 Å². The third-order valence-electron chi connectivity index (χ3n) is 1.93. The van der Waals surface area contributed by atoms with Gasteiger partial charge in [0.15, 0.2) is 5.82 Å². The van der Waals surface area contributed by atoms with Crippen LogP contribution in [0.3, 0.4) is 0 Å². The molecule has 0 unspecified atom stereocenters. The first kappa shape index (κ1) is 11.2. The Morgan fingerprint density at radius 1 is 1.62 bits per heavy atom. The maximum Gasteiger partial charge on any atom is 0.412 e. The molecule has 0 atom stereocenters. The molecule has 0 fully saturated rings.